The number of amides is 1. The van der Waals surface area contributed by atoms with Gasteiger partial charge in [0.25, 0.3) is 0 Å². The third-order valence-corrected chi connectivity index (χ3v) is 10.0. The lowest BCUT2D eigenvalue weighted by Crippen LogP contribution is -2.51. The van der Waals surface area contributed by atoms with Crippen molar-refractivity contribution in [1.82, 2.24) is 5.32 Å². The van der Waals surface area contributed by atoms with Crippen molar-refractivity contribution in [3.63, 3.8) is 0 Å². The molecule has 166 valence electrons. The van der Waals surface area contributed by atoms with E-state index in [9.17, 15) is 9.59 Å². The molecular formula is C28H26ClNO2P+. The van der Waals surface area contributed by atoms with Crippen LogP contribution in [0.3, 0.4) is 0 Å². The first kappa shape index (κ1) is 24.4. The van der Waals surface area contributed by atoms with Crippen LogP contribution in [-0.2, 0) is 4.79 Å². The molecule has 0 aromatic heterocycles. The van der Waals surface area contributed by atoms with Gasteiger partial charge >= 0.3 is 0 Å². The lowest BCUT2D eigenvalue weighted by atomic mass is 10.1. The predicted octanol–water partition coefficient (Wildman–Crippen LogP) is 4.75. The molecule has 3 nitrogen and oxygen atoms in total. The molecule has 1 amide bonds. The van der Waals surface area contributed by atoms with Crippen LogP contribution in [0.1, 0.15) is 17.3 Å². The normalized spacial score (nSPS) is 11.7. The topological polar surface area (TPSA) is 46.2 Å². The summed E-state index contributed by atoms with van der Waals surface area (Å²) in [7, 11) is -2.62. The number of rotatable bonds is 7. The zero-order valence-corrected chi connectivity index (χ0v) is 20.0. The van der Waals surface area contributed by atoms with Gasteiger partial charge in [0.1, 0.15) is 23.2 Å². The van der Waals surface area contributed by atoms with Crippen LogP contribution >= 0.6 is 19.7 Å². The number of carbonyl (C=O) groups excluding carboxylic acids is 2. The van der Waals surface area contributed by atoms with Crippen LogP contribution in [0.25, 0.3) is 0 Å². The van der Waals surface area contributed by atoms with Gasteiger partial charge in [0.15, 0.2) is 0 Å². The number of hydrogen-bond acceptors (Lipinski definition) is 2. The van der Waals surface area contributed by atoms with Gasteiger partial charge in [-0.05, 0) is 36.4 Å². The van der Waals surface area contributed by atoms with Crippen LogP contribution in [0.5, 0.6) is 0 Å². The van der Waals surface area contributed by atoms with E-state index in [1.165, 1.54) is 6.92 Å². The molecule has 0 radical (unpaired) electrons. The van der Waals surface area contributed by atoms with Crippen LogP contribution in [0.2, 0.25) is 0 Å². The van der Waals surface area contributed by atoms with E-state index in [1.807, 2.05) is 84.9 Å². The highest BCUT2D eigenvalue weighted by molar-refractivity contribution is 7.96. The molecule has 0 saturated heterocycles. The molecule has 5 heteroatoms. The highest BCUT2D eigenvalue weighted by Gasteiger charge is 2.56. The Morgan fingerprint density at radius 3 is 1.27 bits per heavy atom. The molecule has 0 saturated carbocycles. The molecule has 0 aliphatic rings. The predicted molar refractivity (Wildman–Crippen MR) is 141 cm³/mol. The Morgan fingerprint density at radius 1 is 0.606 bits per heavy atom. The van der Waals surface area contributed by atoms with E-state index >= 15 is 0 Å². The van der Waals surface area contributed by atoms with Crippen LogP contribution < -0.4 is 21.2 Å². The van der Waals surface area contributed by atoms with Crippen molar-refractivity contribution in [3.05, 3.63) is 127 Å². The van der Waals surface area contributed by atoms with Crippen molar-refractivity contribution in [3.8, 4) is 0 Å². The standard InChI is InChI=1S/C28H24NO2P.ClH/c1-22(30)29-28(27(31)23-14-6-2-7-15-23)32(24-16-8-3-9-17-24,25-18-10-4-11-19-25)26-20-12-5-13-21-26;/h2-21,28H,1H3;1H/p+1. The van der Waals surface area contributed by atoms with E-state index in [-0.39, 0.29) is 24.1 Å². The summed E-state index contributed by atoms with van der Waals surface area (Å²) in [5.74, 6) is -1.06. The van der Waals surface area contributed by atoms with Gasteiger partial charge in [-0.15, -0.1) is 12.4 Å². The summed E-state index contributed by atoms with van der Waals surface area (Å²) in [6, 6.07) is 39.5. The molecule has 1 N–H and O–H groups in total. The van der Waals surface area contributed by atoms with Gasteiger partial charge in [0, 0.05) is 12.5 Å². The second-order valence-electron chi connectivity index (χ2n) is 7.56. The van der Waals surface area contributed by atoms with Crippen molar-refractivity contribution in [2.24, 2.45) is 0 Å². The van der Waals surface area contributed by atoms with Gasteiger partial charge in [-0.25, -0.2) is 0 Å². The Balaban J connectivity index is 0.00000306. The molecule has 4 rings (SSSR count). The molecule has 4 aromatic carbocycles. The van der Waals surface area contributed by atoms with Crippen molar-refractivity contribution in [2.45, 2.75) is 12.7 Å². The summed E-state index contributed by atoms with van der Waals surface area (Å²) in [6.45, 7) is 1.47. The van der Waals surface area contributed by atoms with E-state index in [1.54, 1.807) is 0 Å². The molecule has 33 heavy (non-hydrogen) atoms. The second-order valence-corrected chi connectivity index (χ2v) is 11.1. The van der Waals surface area contributed by atoms with Crippen LogP contribution in [-0.4, -0.2) is 17.5 Å². The van der Waals surface area contributed by atoms with Gasteiger partial charge in [-0.3, -0.25) is 9.59 Å². The molecule has 0 bridgehead atoms. The molecule has 0 heterocycles. The molecule has 0 spiro atoms. The Morgan fingerprint density at radius 2 is 0.939 bits per heavy atom. The third-order valence-electron chi connectivity index (χ3n) is 5.52. The summed E-state index contributed by atoms with van der Waals surface area (Å²) in [4.78, 5) is 26.5. The van der Waals surface area contributed by atoms with E-state index in [2.05, 4.69) is 41.7 Å². The highest BCUT2D eigenvalue weighted by Crippen LogP contribution is 2.59. The molecule has 0 aliphatic carbocycles. The lowest BCUT2D eigenvalue weighted by molar-refractivity contribution is -0.119. The summed E-state index contributed by atoms with van der Waals surface area (Å²) < 4.78 is 0. The quantitative estimate of drug-likeness (QED) is 0.310. The number of nitrogens with one attached hydrogen (secondary N) is 1. The molecule has 0 aliphatic heterocycles. The summed E-state index contributed by atoms with van der Waals surface area (Å²) in [5.41, 5.74) is 0.582. The first-order chi connectivity index (χ1) is 15.6. The Hall–Kier alpha value is -3.26. The zero-order valence-electron chi connectivity index (χ0n) is 18.3. The number of ketones is 1. The average Bonchev–Trinajstić information content (AvgIpc) is 2.86. The summed E-state index contributed by atoms with van der Waals surface area (Å²) >= 11 is 0. The summed E-state index contributed by atoms with van der Waals surface area (Å²) in [6.07, 6.45) is 0. The largest absolute Gasteiger partial charge is 0.314 e. The van der Waals surface area contributed by atoms with Crippen molar-refractivity contribution in [2.75, 3.05) is 0 Å². The Labute approximate surface area is 201 Å². The van der Waals surface area contributed by atoms with Gasteiger partial charge in [0.05, 0.1) is 0 Å². The van der Waals surface area contributed by atoms with Crippen molar-refractivity contribution >= 4 is 47.3 Å². The van der Waals surface area contributed by atoms with E-state index in [0.29, 0.717) is 5.56 Å². The Kier molecular flexibility index (Phi) is 8.16. The smallest absolute Gasteiger partial charge is 0.224 e. The first-order valence-electron chi connectivity index (χ1n) is 10.6. The van der Waals surface area contributed by atoms with Crippen LogP contribution in [0.15, 0.2) is 121 Å². The SMILES string of the molecule is CC(=O)NC(C(=O)c1ccccc1)[P+](c1ccccc1)(c1ccccc1)c1ccccc1.Cl. The zero-order chi connectivity index (χ0) is 22.4. The maximum Gasteiger partial charge on any atom is 0.224 e. The minimum absolute atomic E-state index is 0. The van der Waals surface area contributed by atoms with Crippen molar-refractivity contribution in [1.29, 1.82) is 0 Å². The lowest BCUT2D eigenvalue weighted by Gasteiger charge is -2.34. The van der Waals surface area contributed by atoms with Gasteiger partial charge < -0.3 is 5.32 Å². The van der Waals surface area contributed by atoms with E-state index in [0.717, 1.165) is 15.9 Å². The average molecular weight is 475 g/mol. The molecule has 0 fully saturated rings. The van der Waals surface area contributed by atoms with Gasteiger partial charge in [-0.2, -0.15) is 0 Å². The maximum atomic E-state index is 14.1. The highest BCUT2D eigenvalue weighted by atomic mass is 35.5. The number of Topliss-reactive ketones (excluding diaryl/α,β-unsaturated/α-hetero) is 1. The van der Waals surface area contributed by atoms with Gasteiger partial charge in [-0.1, -0.05) is 84.9 Å². The van der Waals surface area contributed by atoms with Crippen LogP contribution in [0.4, 0.5) is 0 Å². The van der Waals surface area contributed by atoms with E-state index < -0.39 is 13.0 Å². The fraction of sp³-hybridized carbons (Fsp3) is 0.0714. The summed E-state index contributed by atoms with van der Waals surface area (Å²) in [5, 5.41) is 6.20. The molecule has 4 aromatic rings. The van der Waals surface area contributed by atoms with Gasteiger partial charge in [0.2, 0.25) is 17.5 Å². The van der Waals surface area contributed by atoms with E-state index in [4.69, 9.17) is 0 Å². The monoisotopic (exact) mass is 474 g/mol. The number of benzene rings is 4. The van der Waals surface area contributed by atoms with Crippen LogP contribution in [0, 0.1) is 0 Å². The number of carbonyl (C=O) groups is 2. The Bertz CT molecular complexity index is 1090. The minimum atomic E-state index is -2.62. The fourth-order valence-electron chi connectivity index (χ4n) is 4.17. The second kappa shape index (κ2) is 11.0. The maximum absolute atomic E-state index is 14.1. The molecule has 1 unspecified atom stereocenters. The number of hydrogen-bond donors (Lipinski definition) is 1. The third kappa shape index (κ3) is 4.90. The molecular weight excluding hydrogens is 449 g/mol. The number of halogens is 1. The fourth-order valence-corrected chi connectivity index (χ4v) is 8.77. The van der Waals surface area contributed by atoms with Crippen molar-refractivity contribution < 1.29 is 9.59 Å². The first-order valence-corrected chi connectivity index (χ1v) is 12.4. The minimum Gasteiger partial charge on any atom is -0.314 e. The molecule has 1 atom stereocenters.